The van der Waals surface area contributed by atoms with E-state index >= 15 is 0 Å². The smallest absolute Gasteiger partial charge is 0.248 e. The van der Waals surface area contributed by atoms with Crippen LogP contribution in [-0.2, 0) is 0 Å². The highest BCUT2D eigenvalue weighted by molar-refractivity contribution is 5.87. The number of aromatic amines is 1. The Labute approximate surface area is 125 Å². The van der Waals surface area contributed by atoms with Crippen LogP contribution in [0.4, 0.5) is 0 Å². The van der Waals surface area contributed by atoms with Crippen LogP contribution in [0.1, 0.15) is 22.3 Å². The van der Waals surface area contributed by atoms with E-state index < -0.39 is 0 Å². The standard InChI is InChI=1S/C12H13NO.C7H8/c1-7-4-5-8(2)12-11(7)9(3)6-10(14)13-12;1-7-5-3-2-4-6-7/h4-6H,1-3H3,(H,13,14);2-6H,1H3. The number of nitrogens with one attached hydrogen (secondary N) is 1. The predicted molar refractivity (Wildman–Crippen MR) is 90.0 cm³/mol. The molecule has 0 atom stereocenters. The van der Waals surface area contributed by atoms with E-state index in [1.54, 1.807) is 6.07 Å². The van der Waals surface area contributed by atoms with Gasteiger partial charge in [0, 0.05) is 11.5 Å². The highest BCUT2D eigenvalue weighted by Crippen LogP contribution is 2.21. The zero-order valence-electron chi connectivity index (χ0n) is 13.0. The fourth-order valence-corrected chi connectivity index (χ4v) is 2.44. The Bertz CT molecular complexity index is 801. The molecule has 1 aromatic heterocycles. The lowest BCUT2D eigenvalue weighted by Gasteiger charge is -2.07. The normalized spacial score (nSPS) is 10.1. The molecule has 0 unspecified atom stereocenters. The Kier molecular flexibility index (Phi) is 4.59. The summed E-state index contributed by atoms with van der Waals surface area (Å²) in [7, 11) is 0. The van der Waals surface area contributed by atoms with E-state index in [1.165, 1.54) is 16.5 Å². The van der Waals surface area contributed by atoms with Gasteiger partial charge in [-0.05, 0) is 44.4 Å². The molecule has 0 aliphatic rings. The zero-order valence-corrected chi connectivity index (χ0v) is 13.0. The third-order valence-corrected chi connectivity index (χ3v) is 3.55. The van der Waals surface area contributed by atoms with Crippen molar-refractivity contribution in [3.8, 4) is 0 Å². The SMILES string of the molecule is Cc1ccc(C)c2c(C)cc(=O)[nH]c12.Cc1ccccc1. The molecule has 0 bridgehead atoms. The van der Waals surface area contributed by atoms with Crippen molar-refractivity contribution in [3.05, 3.63) is 81.1 Å². The van der Waals surface area contributed by atoms with Gasteiger partial charge in [0.05, 0.1) is 5.52 Å². The number of pyridine rings is 1. The summed E-state index contributed by atoms with van der Waals surface area (Å²) < 4.78 is 0. The second kappa shape index (κ2) is 6.40. The third-order valence-electron chi connectivity index (χ3n) is 3.55. The number of rotatable bonds is 0. The molecule has 0 fully saturated rings. The van der Waals surface area contributed by atoms with E-state index in [0.29, 0.717) is 0 Å². The molecule has 21 heavy (non-hydrogen) atoms. The first-order chi connectivity index (χ1) is 9.99. The number of fused-ring (bicyclic) bond motifs is 1. The quantitative estimate of drug-likeness (QED) is 0.648. The fourth-order valence-electron chi connectivity index (χ4n) is 2.44. The molecule has 0 spiro atoms. The summed E-state index contributed by atoms with van der Waals surface area (Å²) in [5, 5.41) is 1.17. The minimum atomic E-state index is -0.0244. The first-order valence-corrected chi connectivity index (χ1v) is 7.10. The maximum atomic E-state index is 11.3. The fraction of sp³-hybridized carbons (Fsp3) is 0.211. The minimum absolute atomic E-state index is 0.0244. The molecule has 2 aromatic carbocycles. The van der Waals surface area contributed by atoms with Gasteiger partial charge in [0.25, 0.3) is 0 Å². The summed E-state index contributed by atoms with van der Waals surface area (Å²) in [6.07, 6.45) is 0. The first kappa shape index (κ1) is 15.0. The van der Waals surface area contributed by atoms with Crippen LogP contribution in [0.25, 0.3) is 10.9 Å². The van der Waals surface area contributed by atoms with Gasteiger partial charge in [0.2, 0.25) is 5.56 Å². The zero-order chi connectivity index (χ0) is 15.4. The van der Waals surface area contributed by atoms with Crippen LogP contribution in [0.2, 0.25) is 0 Å². The monoisotopic (exact) mass is 279 g/mol. The number of hydrogen-bond donors (Lipinski definition) is 1. The van der Waals surface area contributed by atoms with Crippen molar-refractivity contribution in [2.24, 2.45) is 0 Å². The van der Waals surface area contributed by atoms with Crippen LogP contribution < -0.4 is 5.56 Å². The van der Waals surface area contributed by atoms with Crippen molar-refractivity contribution in [1.82, 2.24) is 4.98 Å². The van der Waals surface area contributed by atoms with Gasteiger partial charge in [-0.25, -0.2) is 0 Å². The molecular weight excluding hydrogens is 258 g/mol. The number of hydrogen-bond acceptors (Lipinski definition) is 1. The summed E-state index contributed by atoms with van der Waals surface area (Å²) in [5.41, 5.74) is 5.64. The molecule has 1 heterocycles. The van der Waals surface area contributed by atoms with Crippen LogP contribution in [0, 0.1) is 27.7 Å². The lowest BCUT2D eigenvalue weighted by molar-refractivity contribution is 1.25. The predicted octanol–water partition coefficient (Wildman–Crippen LogP) is 4.45. The number of benzene rings is 2. The van der Waals surface area contributed by atoms with Crippen molar-refractivity contribution in [3.63, 3.8) is 0 Å². The summed E-state index contributed by atoms with van der Waals surface area (Å²) in [4.78, 5) is 14.2. The number of aryl methyl sites for hydroxylation is 4. The van der Waals surface area contributed by atoms with E-state index in [0.717, 1.165) is 16.6 Å². The average molecular weight is 279 g/mol. The summed E-state index contributed by atoms with van der Waals surface area (Å²) in [6, 6.07) is 16.0. The van der Waals surface area contributed by atoms with Crippen molar-refractivity contribution >= 4 is 10.9 Å². The van der Waals surface area contributed by atoms with Gasteiger partial charge in [0.1, 0.15) is 0 Å². The van der Waals surface area contributed by atoms with Crippen LogP contribution in [0.15, 0.2) is 53.3 Å². The van der Waals surface area contributed by atoms with E-state index in [9.17, 15) is 4.79 Å². The molecule has 2 nitrogen and oxygen atoms in total. The Hall–Kier alpha value is -2.35. The van der Waals surface area contributed by atoms with Gasteiger partial charge in [-0.2, -0.15) is 0 Å². The van der Waals surface area contributed by atoms with Gasteiger partial charge in [-0.15, -0.1) is 0 Å². The summed E-state index contributed by atoms with van der Waals surface area (Å²) >= 11 is 0. The largest absolute Gasteiger partial charge is 0.322 e. The average Bonchev–Trinajstić information content (AvgIpc) is 2.44. The van der Waals surface area contributed by atoms with Crippen LogP contribution in [0.3, 0.4) is 0 Å². The topological polar surface area (TPSA) is 32.9 Å². The molecule has 0 saturated heterocycles. The van der Waals surface area contributed by atoms with E-state index in [1.807, 2.05) is 38.1 Å². The number of aromatic nitrogens is 1. The van der Waals surface area contributed by atoms with Crippen LogP contribution in [-0.4, -0.2) is 4.98 Å². The van der Waals surface area contributed by atoms with Gasteiger partial charge in [0.15, 0.2) is 0 Å². The second-order valence-corrected chi connectivity index (χ2v) is 5.42. The van der Waals surface area contributed by atoms with E-state index in [-0.39, 0.29) is 5.56 Å². The molecule has 2 heteroatoms. The molecular formula is C19H21NO. The van der Waals surface area contributed by atoms with Crippen LogP contribution >= 0.6 is 0 Å². The van der Waals surface area contributed by atoms with Crippen molar-refractivity contribution in [2.75, 3.05) is 0 Å². The summed E-state index contributed by atoms with van der Waals surface area (Å²) in [6.45, 7) is 8.13. The molecule has 0 radical (unpaired) electrons. The Morgan fingerprint density at radius 2 is 1.38 bits per heavy atom. The molecule has 0 amide bonds. The second-order valence-electron chi connectivity index (χ2n) is 5.42. The van der Waals surface area contributed by atoms with Gasteiger partial charge in [-0.1, -0.05) is 48.0 Å². The number of H-pyrrole nitrogens is 1. The van der Waals surface area contributed by atoms with Gasteiger partial charge < -0.3 is 4.98 Å². The van der Waals surface area contributed by atoms with Gasteiger partial charge >= 0.3 is 0 Å². The molecule has 3 rings (SSSR count). The molecule has 0 aliphatic heterocycles. The molecule has 108 valence electrons. The summed E-state index contributed by atoms with van der Waals surface area (Å²) in [5.74, 6) is 0. The molecule has 1 N–H and O–H groups in total. The Morgan fingerprint density at radius 3 is 1.95 bits per heavy atom. The van der Waals surface area contributed by atoms with Crippen molar-refractivity contribution < 1.29 is 0 Å². The third kappa shape index (κ3) is 3.60. The minimum Gasteiger partial charge on any atom is -0.322 e. The van der Waals surface area contributed by atoms with Crippen molar-refractivity contribution in [1.29, 1.82) is 0 Å². The molecule has 0 saturated carbocycles. The molecule has 0 aliphatic carbocycles. The Balaban J connectivity index is 0.000000194. The highest BCUT2D eigenvalue weighted by atomic mass is 16.1. The Morgan fingerprint density at radius 1 is 0.762 bits per heavy atom. The maximum Gasteiger partial charge on any atom is 0.248 e. The van der Waals surface area contributed by atoms with E-state index in [4.69, 9.17) is 0 Å². The van der Waals surface area contributed by atoms with E-state index in [2.05, 4.69) is 37.0 Å². The first-order valence-electron chi connectivity index (χ1n) is 7.10. The maximum absolute atomic E-state index is 11.3. The lowest BCUT2D eigenvalue weighted by atomic mass is 10.0. The molecule has 3 aromatic rings. The van der Waals surface area contributed by atoms with Gasteiger partial charge in [-0.3, -0.25) is 4.79 Å². The highest BCUT2D eigenvalue weighted by Gasteiger charge is 2.04. The lowest BCUT2D eigenvalue weighted by Crippen LogP contribution is -2.06. The van der Waals surface area contributed by atoms with Crippen LogP contribution in [0.5, 0.6) is 0 Å². The van der Waals surface area contributed by atoms with Crippen molar-refractivity contribution in [2.45, 2.75) is 27.7 Å².